The summed E-state index contributed by atoms with van der Waals surface area (Å²) < 4.78 is 21.2. The predicted octanol–water partition coefficient (Wildman–Crippen LogP) is -0.619. The molecule has 0 aliphatic heterocycles. The molecule has 1 amide bonds. The van der Waals surface area contributed by atoms with Gasteiger partial charge >= 0.3 is 0 Å². The van der Waals surface area contributed by atoms with Gasteiger partial charge in [0.1, 0.15) is 0 Å². The van der Waals surface area contributed by atoms with Gasteiger partial charge in [-0.2, -0.15) is 0 Å². The van der Waals surface area contributed by atoms with E-state index in [0.29, 0.717) is 0 Å². The molecule has 0 N–H and O–H groups in total. The molecular formula is C5H9NO3S. The molecule has 4 nitrogen and oxygen atoms in total. The molecule has 0 spiro atoms. The van der Waals surface area contributed by atoms with Gasteiger partial charge in [-0.25, -0.2) is 12.7 Å². The molecule has 1 rings (SSSR count). The first-order valence-electron chi connectivity index (χ1n) is 3.05. The van der Waals surface area contributed by atoms with E-state index in [-0.39, 0.29) is 11.8 Å². The Balaban J connectivity index is 2.54. The van der Waals surface area contributed by atoms with Gasteiger partial charge in [0.05, 0.1) is 0 Å². The van der Waals surface area contributed by atoms with Gasteiger partial charge in [-0.05, 0) is 12.8 Å². The average Bonchev–Trinajstić information content (AvgIpc) is 2.65. The summed E-state index contributed by atoms with van der Waals surface area (Å²) >= 11 is 0. The maximum Gasteiger partial charge on any atom is 0.238 e. The number of thiol groups is 1. The monoisotopic (exact) mass is 163 g/mol. The highest BCUT2D eigenvalue weighted by atomic mass is 32.2. The van der Waals surface area contributed by atoms with Crippen molar-refractivity contribution < 1.29 is 13.2 Å². The van der Waals surface area contributed by atoms with E-state index in [0.717, 1.165) is 17.1 Å². The zero-order valence-electron chi connectivity index (χ0n) is 5.61. The van der Waals surface area contributed by atoms with E-state index in [4.69, 9.17) is 0 Å². The van der Waals surface area contributed by atoms with Crippen molar-refractivity contribution in [2.24, 2.45) is 5.92 Å². The van der Waals surface area contributed by atoms with Crippen molar-refractivity contribution in [3.8, 4) is 0 Å². The zero-order chi connectivity index (χ0) is 7.72. The molecule has 5 heteroatoms. The molecule has 0 aromatic carbocycles. The Kier molecular flexibility index (Phi) is 1.94. The lowest BCUT2D eigenvalue weighted by molar-refractivity contribution is -0.126. The summed E-state index contributed by atoms with van der Waals surface area (Å²) in [7, 11) is -1.43. The van der Waals surface area contributed by atoms with Gasteiger partial charge in [-0.1, -0.05) is 0 Å². The molecule has 0 aromatic heterocycles. The minimum absolute atomic E-state index is 0.0158. The molecule has 0 heterocycles. The summed E-state index contributed by atoms with van der Waals surface area (Å²) in [5, 5.41) is 0. The molecule has 1 saturated carbocycles. The third kappa shape index (κ3) is 1.47. The standard InChI is InChI=1S/C5H9NO3S/c1-6(10(8)9)5(7)4-2-3-4/h4,10H,2-3H2,1H3. The van der Waals surface area contributed by atoms with Crippen LogP contribution in [0.15, 0.2) is 0 Å². The molecule has 1 fully saturated rings. The predicted molar refractivity (Wildman–Crippen MR) is 35.8 cm³/mol. The number of amides is 1. The third-order valence-corrected chi connectivity index (χ3v) is 2.18. The molecule has 1 aliphatic carbocycles. The van der Waals surface area contributed by atoms with E-state index in [1.165, 1.54) is 7.05 Å². The molecule has 1 aliphatic rings. The maximum atomic E-state index is 10.9. The second kappa shape index (κ2) is 2.57. The Morgan fingerprint density at radius 2 is 2.00 bits per heavy atom. The van der Waals surface area contributed by atoms with E-state index < -0.39 is 10.9 Å². The molecular weight excluding hydrogens is 154 g/mol. The van der Waals surface area contributed by atoms with Gasteiger partial charge in [-0.15, -0.1) is 0 Å². The summed E-state index contributed by atoms with van der Waals surface area (Å²) in [5.74, 6) is -0.283. The lowest BCUT2D eigenvalue weighted by Crippen LogP contribution is -2.26. The summed E-state index contributed by atoms with van der Waals surface area (Å²) in [4.78, 5) is 10.9. The third-order valence-electron chi connectivity index (χ3n) is 1.49. The highest BCUT2D eigenvalue weighted by molar-refractivity contribution is 7.70. The van der Waals surface area contributed by atoms with E-state index >= 15 is 0 Å². The fourth-order valence-corrected chi connectivity index (χ4v) is 0.999. The van der Waals surface area contributed by atoms with Crippen LogP contribution in [0.3, 0.4) is 0 Å². The van der Waals surface area contributed by atoms with Gasteiger partial charge in [0.25, 0.3) is 0 Å². The second-order valence-electron chi connectivity index (χ2n) is 2.37. The summed E-state index contributed by atoms with van der Waals surface area (Å²) in [6.45, 7) is 0. The number of nitrogens with zero attached hydrogens (tertiary/aromatic N) is 1. The number of carbonyl (C=O) groups is 1. The Bertz CT molecular complexity index is 211. The topological polar surface area (TPSA) is 54.5 Å². The molecule has 0 saturated heterocycles. The molecule has 0 aromatic rings. The van der Waals surface area contributed by atoms with Crippen LogP contribution >= 0.6 is 0 Å². The lowest BCUT2D eigenvalue weighted by Gasteiger charge is -2.06. The summed E-state index contributed by atoms with van der Waals surface area (Å²) in [5.41, 5.74) is 0. The van der Waals surface area contributed by atoms with Crippen molar-refractivity contribution >= 4 is 16.8 Å². The van der Waals surface area contributed by atoms with Crippen LogP contribution in [0.25, 0.3) is 0 Å². The Morgan fingerprint density at radius 3 is 2.30 bits per heavy atom. The van der Waals surface area contributed by atoms with E-state index in [1.807, 2.05) is 0 Å². The molecule has 58 valence electrons. The van der Waals surface area contributed by atoms with E-state index in [1.54, 1.807) is 0 Å². The van der Waals surface area contributed by atoms with Crippen LogP contribution in [0, 0.1) is 5.92 Å². The minimum atomic E-state index is -2.71. The molecule has 0 unspecified atom stereocenters. The van der Waals surface area contributed by atoms with Gasteiger partial charge in [-0.3, -0.25) is 4.79 Å². The Morgan fingerprint density at radius 1 is 1.50 bits per heavy atom. The van der Waals surface area contributed by atoms with Gasteiger partial charge in [0.2, 0.25) is 16.8 Å². The highest BCUT2D eigenvalue weighted by Gasteiger charge is 2.32. The molecule has 10 heavy (non-hydrogen) atoms. The fraction of sp³-hybridized carbons (Fsp3) is 0.800. The SMILES string of the molecule is CN(C(=O)C1CC1)[SH](=O)=O. The first-order chi connectivity index (χ1) is 4.63. The van der Waals surface area contributed by atoms with Crippen LogP contribution < -0.4 is 0 Å². The summed E-state index contributed by atoms with van der Waals surface area (Å²) in [6.07, 6.45) is 1.68. The molecule has 0 radical (unpaired) electrons. The van der Waals surface area contributed by atoms with Crippen LogP contribution in [0.2, 0.25) is 0 Å². The van der Waals surface area contributed by atoms with Crippen molar-refractivity contribution in [3.63, 3.8) is 0 Å². The van der Waals surface area contributed by atoms with Crippen LogP contribution in [0.1, 0.15) is 12.8 Å². The molecule has 0 atom stereocenters. The number of carbonyl (C=O) groups excluding carboxylic acids is 1. The first kappa shape index (κ1) is 7.53. The minimum Gasteiger partial charge on any atom is -0.274 e. The largest absolute Gasteiger partial charge is 0.274 e. The fourth-order valence-electron chi connectivity index (χ4n) is 0.675. The molecule has 0 bridgehead atoms. The quantitative estimate of drug-likeness (QED) is 0.552. The van der Waals surface area contributed by atoms with Gasteiger partial charge in [0.15, 0.2) is 0 Å². The average molecular weight is 163 g/mol. The summed E-state index contributed by atoms with van der Waals surface area (Å²) in [6, 6.07) is 0. The van der Waals surface area contributed by atoms with E-state index in [9.17, 15) is 13.2 Å². The normalized spacial score (nSPS) is 17.4. The highest BCUT2D eigenvalue weighted by Crippen LogP contribution is 2.30. The van der Waals surface area contributed by atoms with Crippen molar-refractivity contribution in [3.05, 3.63) is 0 Å². The van der Waals surface area contributed by atoms with Crippen LogP contribution in [-0.4, -0.2) is 25.7 Å². The maximum absolute atomic E-state index is 10.9. The number of hydrogen-bond donors (Lipinski definition) is 1. The van der Waals surface area contributed by atoms with Crippen molar-refractivity contribution in [2.75, 3.05) is 7.05 Å². The smallest absolute Gasteiger partial charge is 0.238 e. The van der Waals surface area contributed by atoms with Crippen molar-refractivity contribution in [1.29, 1.82) is 0 Å². The van der Waals surface area contributed by atoms with Crippen LogP contribution in [0.4, 0.5) is 0 Å². The lowest BCUT2D eigenvalue weighted by atomic mass is 10.4. The number of rotatable bonds is 2. The van der Waals surface area contributed by atoms with Crippen molar-refractivity contribution in [1.82, 2.24) is 4.31 Å². The van der Waals surface area contributed by atoms with Crippen LogP contribution in [0.5, 0.6) is 0 Å². The van der Waals surface area contributed by atoms with Crippen LogP contribution in [-0.2, 0) is 15.7 Å². The zero-order valence-corrected chi connectivity index (χ0v) is 6.51. The Labute approximate surface area is 60.9 Å². The Hall–Kier alpha value is -0.580. The van der Waals surface area contributed by atoms with Gasteiger partial charge in [0, 0.05) is 13.0 Å². The van der Waals surface area contributed by atoms with Gasteiger partial charge < -0.3 is 0 Å². The first-order valence-corrected chi connectivity index (χ1v) is 4.18. The van der Waals surface area contributed by atoms with Crippen molar-refractivity contribution in [2.45, 2.75) is 12.8 Å². The number of hydrogen-bond acceptors (Lipinski definition) is 3. The van der Waals surface area contributed by atoms with E-state index in [2.05, 4.69) is 0 Å². The second-order valence-corrected chi connectivity index (χ2v) is 3.45.